The van der Waals surface area contributed by atoms with Gasteiger partial charge in [0.1, 0.15) is 36.9 Å². The summed E-state index contributed by atoms with van der Waals surface area (Å²) < 4.78 is 19.0. The summed E-state index contributed by atoms with van der Waals surface area (Å²) in [7, 11) is 0. The summed E-state index contributed by atoms with van der Waals surface area (Å²) in [6, 6.07) is 23.2. The molecule has 2 bridgehead atoms. The highest BCUT2D eigenvalue weighted by atomic mass is 16.7. The average molecular weight is 386 g/mol. The van der Waals surface area contributed by atoms with Crippen LogP contribution < -0.4 is 14.2 Å². The molecule has 3 aliphatic heterocycles. The molecular weight excluding hydrogens is 366 g/mol. The van der Waals surface area contributed by atoms with Gasteiger partial charge in [-0.2, -0.15) is 0 Å². The van der Waals surface area contributed by atoms with Crippen LogP contribution in [0.25, 0.3) is 0 Å². The maximum absolute atomic E-state index is 13.4. The second kappa shape index (κ2) is 6.09. The quantitative estimate of drug-likeness (QED) is 0.335. The van der Waals surface area contributed by atoms with E-state index in [1.807, 2.05) is 60.7 Å². The van der Waals surface area contributed by atoms with E-state index in [4.69, 9.17) is 14.2 Å². The van der Waals surface area contributed by atoms with Crippen LogP contribution >= 0.6 is 0 Å². The fourth-order valence-corrected chi connectivity index (χ4v) is 4.88. The van der Waals surface area contributed by atoms with Crippen molar-refractivity contribution in [3.8, 4) is 17.2 Å². The van der Waals surface area contributed by atoms with Gasteiger partial charge in [-0.3, -0.25) is 4.48 Å². The first kappa shape index (κ1) is 16.6. The van der Waals surface area contributed by atoms with Gasteiger partial charge in [-0.1, -0.05) is 36.4 Å². The van der Waals surface area contributed by atoms with Crippen LogP contribution in [-0.2, 0) is 24.4 Å². The molecule has 29 heavy (non-hydrogen) atoms. The number of carbonyl (C=O) groups is 1. The van der Waals surface area contributed by atoms with Crippen LogP contribution in [0, 0.1) is 0 Å². The smallest absolute Gasteiger partial charge is 0.378 e. The molecule has 5 heteroatoms. The van der Waals surface area contributed by atoms with Crippen molar-refractivity contribution in [3.63, 3.8) is 0 Å². The van der Waals surface area contributed by atoms with Crippen molar-refractivity contribution in [1.82, 2.24) is 0 Å². The lowest BCUT2D eigenvalue weighted by Crippen LogP contribution is -2.61. The number of hydrogen-bond donors (Lipinski definition) is 0. The van der Waals surface area contributed by atoms with Crippen molar-refractivity contribution < 1.29 is 23.5 Å². The Kier molecular flexibility index (Phi) is 3.49. The highest BCUT2D eigenvalue weighted by Crippen LogP contribution is 2.44. The van der Waals surface area contributed by atoms with E-state index < -0.39 is 12.3 Å². The van der Waals surface area contributed by atoms with Gasteiger partial charge in [0, 0.05) is 16.7 Å². The maximum Gasteiger partial charge on any atom is 0.378 e. The minimum atomic E-state index is -0.760. The van der Waals surface area contributed by atoms with Gasteiger partial charge in [0.2, 0.25) is 0 Å². The summed E-state index contributed by atoms with van der Waals surface area (Å²) in [4.78, 5) is 13.4. The molecule has 0 amide bonds. The summed E-state index contributed by atoms with van der Waals surface area (Å²) in [5.74, 6) is 1.86. The van der Waals surface area contributed by atoms with E-state index in [9.17, 15) is 4.79 Å². The van der Waals surface area contributed by atoms with Gasteiger partial charge in [0.05, 0.1) is 0 Å². The zero-order chi connectivity index (χ0) is 19.4. The minimum Gasteiger partial charge on any atom is -0.448 e. The van der Waals surface area contributed by atoms with E-state index in [-0.39, 0.29) is 5.97 Å². The Morgan fingerprint density at radius 3 is 1.66 bits per heavy atom. The molecule has 0 N–H and O–H groups in total. The van der Waals surface area contributed by atoms with Gasteiger partial charge in [-0.05, 0) is 36.4 Å². The molecule has 0 aromatic heterocycles. The lowest BCUT2D eigenvalue weighted by molar-refractivity contribution is -0.982. The van der Waals surface area contributed by atoms with Crippen molar-refractivity contribution >= 4 is 5.97 Å². The Bertz CT molecular complexity index is 1070. The van der Waals surface area contributed by atoms with E-state index in [0.29, 0.717) is 29.9 Å². The Labute approximate surface area is 168 Å². The SMILES string of the molecule is O=C1Oc2ccccc2C[N+]23Cc4ccccc4OC(Oc4ccccc4C2)C13. The van der Waals surface area contributed by atoms with Crippen LogP contribution in [0.5, 0.6) is 17.2 Å². The van der Waals surface area contributed by atoms with Crippen molar-refractivity contribution in [2.45, 2.75) is 32.0 Å². The zero-order valence-electron chi connectivity index (χ0n) is 15.8. The maximum atomic E-state index is 13.4. The van der Waals surface area contributed by atoms with E-state index in [1.165, 1.54) is 0 Å². The molecule has 0 spiro atoms. The number of benzene rings is 3. The second-order valence-corrected chi connectivity index (χ2v) is 7.99. The molecule has 5 nitrogen and oxygen atoms in total. The Hall–Kier alpha value is -3.31. The van der Waals surface area contributed by atoms with E-state index in [1.54, 1.807) is 0 Å². The molecule has 3 aliphatic rings. The Morgan fingerprint density at radius 1 is 0.655 bits per heavy atom. The molecule has 1 unspecified atom stereocenters. The summed E-state index contributed by atoms with van der Waals surface area (Å²) in [5.41, 5.74) is 3.19. The summed E-state index contributed by atoms with van der Waals surface area (Å²) in [6.07, 6.45) is -0.760. The number of esters is 1. The fraction of sp³-hybridized carbons (Fsp3) is 0.208. The normalized spacial score (nSPS) is 26.6. The van der Waals surface area contributed by atoms with Crippen LogP contribution in [0.15, 0.2) is 72.8 Å². The van der Waals surface area contributed by atoms with Gasteiger partial charge < -0.3 is 14.2 Å². The molecule has 3 aromatic rings. The molecule has 6 rings (SSSR count). The van der Waals surface area contributed by atoms with Crippen LogP contribution in [-0.4, -0.2) is 22.8 Å². The van der Waals surface area contributed by atoms with Gasteiger partial charge in [-0.25, -0.2) is 4.79 Å². The number of quaternary nitrogens is 1. The number of fused-ring (bicyclic) bond motifs is 3. The first-order chi connectivity index (χ1) is 14.2. The predicted octanol–water partition coefficient (Wildman–Crippen LogP) is 3.80. The van der Waals surface area contributed by atoms with Crippen molar-refractivity contribution in [2.24, 2.45) is 0 Å². The topological polar surface area (TPSA) is 44.8 Å². The molecule has 0 fully saturated rings. The Balaban J connectivity index is 1.60. The molecule has 3 aromatic carbocycles. The lowest BCUT2D eigenvalue weighted by atomic mass is 10.0. The number of hydrogen-bond acceptors (Lipinski definition) is 4. The van der Waals surface area contributed by atoms with Crippen LogP contribution in [0.4, 0.5) is 0 Å². The predicted molar refractivity (Wildman–Crippen MR) is 105 cm³/mol. The van der Waals surface area contributed by atoms with Crippen LogP contribution in [0.1, 0.15) is 16.7 Å². The molecule has 0 saturated carbocycles. The zero-order valence-corrected chi connectivity index (χ0v) is 15.8. The summed E-state index contributed by atoms with van der Waals surface area (Å²) >= 11 is 0. The fourth-order valence-electron chi connectivity index (χ4n) is 4.88. The highest BCUT2D eigenvalue weighted by molar-refractivity contribution is 5.79. The average Bonchev–Trinajstić information content (AvgIpc) is 2.99. The number of para-hydroxylation sites is 3. The monoisotopic (exact) mass is 386 g/mol. The standard InChI is InChI=1S/C24H20NO4/c26-23-22-24-28-20-11-5-2-8-17(20)14-25(22,13-16-7-1-4-10-19(16)27-23)15-18-9-3-6-12-21(18)29-24/h1-12,22,24H,13-15H2/q+1. The third-order valence-corrected chi connectivity index (χ3v) is 6.16. The molecule has 0 aliphatic carbocycles. The van der Waals surface area contributed by atoms with Gasteiger partial charge in [0.25, 0.3) is 6.04 Å². The third kappa shape index (κ3) is 2.54. The number of rotatable bonds is 0. The largest absolute Gasteiger partial charge is 0.448 e. The van der Waals surface area contributed by atoms with Crippen LogP contribution in [0.2, 0.25) is 0 Å². The number of nitrogens with zero attached hydrogens (tertiary/aromatic N) is 1. The molecule has 1 atom stereocenters. The minimum absolute atomic E-state index is 0.305. The first-order valence-electron chi connectivity index (χ1n) is 9.86. The van der Waals surface area contributed by atoms with Gasteiger partial charge >= 0.3 is 12.3 Å². The van der Waals surface area contributed by atoms with Crippen molar-refractivity contribution in [3.05, 3.63) is 89.5 Å². The second-order valence-electron chi connectivity index (χ2n) is 7.99. The van der Waals surface area contributed by atoms with Gasteiger partial charge in [0.15, 0.2) is 0 Å². The summed E-state index contributed by atoms with van der Waals surface area (Å²) in [5, 5.41) is 0. The molecule has 0 saturated heterocycles. The van der Waals surface area contributed by atoms with E-state index in [2.05, 4.69) is 12.1 Å². The van der Waals surface area contributed by atoms with Gasteiger partial charge in [-0.15, -0.1) is 0 Å². The Morgan fingerprint density at radius 2 is 1.10 bits per heavy atom. The van der Waals surface area contributed by atoms with Crippen molar-refractivity contribution in [1.29, 1.82) is 0 Å². The van der Waals surface area contributed by atoms with Crippen molar-refractivity contribution in [2.75, 3.05) is 0 Å². The van der Waals surface area contributed by atoms with E-state index >= 15 is 0 Å². The van der Waals surface area contributed by atoms with E-state index in [0.717, 1.165) is 28.2 Å². The lowest BCUT2D eigenvalue weighted by Gasteiger charge is -2.40. The molecular formula is C24H20NO4+. The van der Waals surface area contributed by atoms with Crippen LogP contribution in [0.3, 0.4) is 0 Å². The molecule has 3 heterocycles. The first-order valence-corrected chi connectivity index (χ1v) is 9.86. The molecule has 0 radical (unpaired) electrons. The highest BCUT2D eigenvalue weighted by Gasteiger charge is 2.56. The number of carbonyl (C=O) groups excluding carboxylic acids is 1. The summed E-state index contributed by atoms with van der Waals surface area (Å²) in [6.45, 7) is 2.00. The number of ether oxygens (including phenoxy) is 3. The third-order valence-electron chi connectivity index (χ3n) is 6.16. The molecule has 144 valence electrons.